The first-order valence-electron chi connectivity index (χ1n) is 10.6. The molecule has 2 heterocycles. The van der Waals surface area contributed by atoms with Crippen molar-refractivity contribution in [3.05, 3.63) is 65.9 Å². The van der Waals surface area contributed by atoms with Crippen LogP contribution in [0, 0.1) is 6.92 Å². The first-order valence-corrected chi connectivity index (χ1v) is 10.6. The summed E-state index contributed by atoms with van der Waals surface area (Å²) in [6.07, 6.45) is 1.83. The monoisotopic (exact) mass is 421 g/mol. The molecule has 3 aromatic rings. The Hall–Kier alpha value is -3.16. The third-order valence-corrected chi connectivity index (χ3v) is 5.81. The molecule has 1 aromatic heterocycles. The van der Waals surface area contributed by atoms with E-state index in [-0.39, 0.29) is 12.5 Å². The number of methoxy groups -OCH3 is 1. The third-order valence-electron chi connectivity index (χ3n) is 5.81. The average molecular weight is 422 g/mol. The fraction of sp³-hybridized carbons (Fsp3) is 0.333. The molecular weight excluding hydrogens is 392 g/mol. The van der Waals surface area contributed by atoms with Crippen LogP contribution in [0.2, 0.25) is 0 Å². The molecule has 0 spiro atoms. The van der Waals surface area contributed by atoms with Crippen LogP contribution < -0.4 is 9.64 Å². The summed E-state index contributed by atoms with van der Waals surface area (Å²) in [5.74, 6) is 0.709. The first-order chi connectivity index (χ1) is 15.1. The summed E-state index contributed by atoms with van der Waals surface area (Å²) in [6, 6.07) is 15.7. The van der Waals surface area contributed by atoms with Crippen LogP contribution in [0.3, 0.4) is 0 Å². The van der Waals surface area contributed by atoms with E-state index in [4.69, 9.17) is 9.84 Å². The highest BCUT2D eigenvalue weighted by Crippen LogP contribution is 2.28. The average Bonchev–Trinajstić information content (AvgIpc) is 3.25. The number of nitrogens with one attached hydrogen (secondary N) is 1. The summed E-state index contributed by atoms with van der Waals surface area (Å²) in [7, 11) is 1.63. The zero-order valence-corrected chi connectivity index (χ0v) is 18.0. The van der Waals surface area contributed by atoms with E-state index in [1.165, 1.54) is 10.5 Å². The Morgan fingerprint density at radius 1 is 1.16 bits per heavy atom. The minimum absolute atomic E-state index is 0.0146. The Kier molecular flexibility index (Phi) is 6.34. The fourth-order valence-electron chi connectivity index (χ4n) is 3.95. The number of piperazine rings is 1. The van der Waals surface area contributed by atoms with Gasteiger partial charge in [0.1, 0.15) is 18.0 Å². The van der Waals surface area contributed by atoms with E-state index in [9.17, 15) is 9.90 Å². The highest BCUT2D eigenvalue weighted by atomic mass is 16.5. The number of aromatic nitrogens is 2. The number of aryl methyl sites for hydroxylation is 1. The standard InChI is InChI=1S/C24H28N4O3/c1-18-6-8-20(9-7-18)28-17-22(23(25-28)19-4-3-5-21(16-19)31-2)24(30)27-12-10-26(11-13-27)14-15-29/h3-9,16-17,29H,10-15H2,1-2H3/p+1. The van der Waals surface area contributed by atoms with E-state index in [1.807, 2.05) is 66.6 Å². The summed E-state index contributed by atoms with van der Waals surface area (Å²) in [4.78, 5) is 16.7. The summed E-state index contributed by atoms with van der Waals surface area (Å²) in [5, 5.41) is 14.0. The maximum Gasteiger partial charge on any atom is 0.258 e. The highest BCUT2D eigenvalue weighted by molar-refractivity contribution is 6.00. The van der Waals surface area contributed by atoms with Crippen molar-refractivity contribution in [3.8, 4) is 22.7 Å². The van der Waals surface area contributed by atoms with E-state index >= 15 is 0 Å². The smallest absolute Gasteiger partial charge is 0.258 e. The van der Waals surface area contributed by atoms with Crippen LogP contribution in [0.5, 0.6) is 5.75 Å². The molecule has 0 bridgehead atoms. The van der Waals surface area contributed by atoms with Crippen molar-refractivity contribution in [2.45, 2.75) is 6.92 Å². The van der Waals surface area contributed by atoms with Crippen molar-refractivity contribution >= 4 is 5.91 Å². The largest absolute Gasteiger partial charge is 0.497 e. The maximum atomic E-state index is 13.5. The van der Waals surface area contributed by atoms with Gasteiger partial charge in [0.15, 0.2) is 0 Å². The number of nitrogens with zero attached hydrogens (tertiary/aromatic N) is 3. The molecule has 0 aliphatic carbocycles. The second-order valence-corrected chi connectivity index (χ2v) is 7.92. The van der Waals surface area contributed by atoms with Gasteiger partial charge in [-0.2, -0.15) is 5.10 Å². The minimum atomic E-state index is -0.0146. The number of benzene rings is 2. The highest BCUT2D eigenvalue weighted by Gasteiger charge is 2.28. The topological polar surface area (TPSA) is 72.0 Å². The van der Waals surface area contributed by atoms with Gasteiger partial charge in [-0.05, 0) is 31.2 Å². The van der Waals surface area contributed by atoms with Crippen LogP contribution in [-0.2, 0) is 0 Å². The van der Waals surface area contributed by atoms with Crippen molar-refractivity contribution in [1.82, 2.24) is 14.7 Å². The Bertz CT molecular complexity index is 1040. The van der Waals surface area contributed by atoms with E-state index in [2.05, 4.69) is 0 Å². The number of ether oxygens (including phenoxy) is 1. The number of hydrogen-bond acceptors (Lipinski definition) is 4. The van der Waals surface area contributed by atoms with E-state index in [1.54, 1.807) is 11.8 Å². The lowest BCUT2D eigenvalue weighted by Crippen LogP contribution is -3.15. The van der Waals surface area contributed by atoms with Crippen molar-refractivity contribution in [2.75, 3.05) is 46.4 Å². The van der Waals surface area contributed by atoms with Crippen LogP contribution in [0.25, 0.3) is 16.9 Å². The van der Waals surface area contributed by atoms with Gasteiger partial charge in [-0.3, -0.25) is 4.79 Å². The van der Waals surface area contributed by atoms with Crippen molar-refractivity contribution in [3.63, 3.8) is 0 Å². The first kappa shape index (κ1) is 21.1. The van der Waals surface area contributed by atoms with Crippen molar-refractivity contribution < 1.29 is 19.5 Å². The number of quaternary nitrogens is 1. The van der Waals surface area contributed by atoms with Gasteiger partial charge in [0.05, 0.1) is 51.1 Å². The molecule has 162 valence electrons. The van der Waals surface area contributed by atoms with Crippen LogP contribution in [0.1, 0.15) is 15.9 Å². The SMILES string of the molecule is COc1cccc(-c2nn(-c3ccc(C)cc3)cc2C(=O)N2CC[NH+](CCO)CC2)c1. The van der Waals surface area contributed by atoms with Gasteiger partial charge < -0.3 is 19.6 Å². The summed E-state index contributed by atoms with van der Waals surface area (Å²) in [6.45, 7) is 5.96. The molecule has 4 rings (SSSR count). The quantitative estimate of drug-likeness (QED) is 0.627. The molecule has 7 nitrogen and oxygen atoms in total. The molecule has 1 amide bonds. The van der Waals surface area contributed by atoms with Gasteiger partial charge in [-0.1, -0.05) is 29.8 Å². The Labute approximate surface area is 182 Å². The molecule has 1 fully saturated rings. The number of carbonyl (C=O) groups is 1. The van der Waals surface area contributed by atoms with Crippen LogP contribution >= 0.6 is 0 Å². The molecule has 0 saturated carbocycles. The molecule has 2 aromatic carbocycles. The zero-order valence-electron chi connectivity index (χ0n) is 18.0. The number of amides is 1. The molecule has 7 heteroatoms. The molecule has 0 radical (unpaired) electrons. The van der Waals surface area contributed by atoms with Gasteiger partial charge in [-0.25, -0.2) is 4.68 Å². The molecule has 1 saturated heterocycles. The Morgan fingerprint density at radius 2 is 1.90 bits per heavy atom. The van der Waals surface area contributed by atoms with Crippen LogP contribution in [-0.4, -0.2) is 72.1 Å². The second kappa shape index (κ2) is 9.32. The fourth-order valence-corrected chi connectivity index (χ4v) is 3.95. The minimum Gasteiger partial charge on any atom is -0.497 e. The molecule has 1 aliphatic heterocycles. The second-order valence-electron chi connectivity index (χ2n) is 7.92. The van der Waals surface area contributed by atoms with Gasteiger partial charge >= 0.3 is 0 Å². The van der Waals surface area contributed by atoms with E-state index in [0.29, 0.717) is 24.3 Å². The van der Waals surface area contributed by atoms with E-state index < -0.39 is 0 Å². The third kappa shape index (κ3) is 4.62. The Morgan fingerprint density at radius 3 is 2.58 bits per heavy atom. The lowest BCUT2D eigenvalue weighted by atomic mass is 10.1. The molecule has 31 heavy (non-hydrogen) atoms. The number of rotatable bonds is 6. The van der Waals surface area contributed by atoms with Gasteiger partial charge in [0.2, 0.25) is 0 Å². The van der Waals surface area contributed by atoms with Crippen LogP contribution in [0.4, 0.5) is 0 Å². The van der Waals surface area contributed by atoms with Gasteiger partial charge in [0.25, 0.3) is 5.91 Å². The lowest BCUT2D eigenvalue weighted by Gasteiger charge is -2.31. The number of carbonyl (C=O) groups excluding carboxylic acids is 1. The van der Waals surface area contributed by atoms with Gasteiger partial charge in [-0.15, -0.1) is 0 Å². The molecule has 0 unspecified atom stereocenters. The normalized spacial score (nSPS) is 14.6. The summed E-state index contributed by atoms with van der Waals surface area (Å²) in [5.41, 5.74) is 4.15. The number of aliphatic hydroxyl groups excluding tert-OH is 1. The maximum absolute atomic E-state index is 13.5. The molecule has 1 aliphatic rings. The Balaban J connectivity index is 1.69. The van der Waals surface area contributed by atoms with Crippen molar-refractivity contribution in [1.29, 1.82) is 0 Å². The van der Waals surface area contributed by atoms with Gasteiger partial charge in [0, 0.05) is 11.8 Å². The lowest BCUT2D eigenvalue weighted by molar-refractivity contribution is -0.904. The number of hydrogen-bond donors (Lipinski definition) is 2. The predicted molar refractivity (Wildman–Crippen MR) is 119 cm³/mol. The molecule has 2 N–H and O–H groups in total. The van der Waals surface area contributed by atoms with Crippen molar-refractivity contribution in [2.24, 2.45) is 0 Å². The van der Waals surface area contributed by atoms with E-state index in [0.717, 1.165) is 36.6 Å². The molecule has 0 atom stereocenters. The predicted octanol–water partition coefficient (Wildman–Crippen LogP) is 1.19. The molecular formula is C24H29N4O3+. The summed E-state index contributed by atoms with van der Waals surface area (Å²) < 4.78 is 7.15. The zero-order chi connectivity index (χ0) is 21.8. The number of aliphatic hydroxyl groups is 1. The summed E-state index contributed by atoms with van der Waals surface area (Å²) >= 11 is 0. The van der Waals surface area contributed by atoms with Crippen LogP contribution in [0.15, 0.2) is 54.7 Å².